The summed E-state index contributed by atoms with van der Waals surface area (Å²) in [7, 11) is 3.36. The summed E-state index contributed by atoms with van der Waals surface area (Å²) in [6.07, 6.45) is 4.43. The van der Waals surface area contributed by atoms with Crippen LogP contribution >= 0.6 is 0 Å². The van der Waals surface area contributed by atoms with Crippen molar-refractivity contribution in [1.29, 1.82) is 0 Å². The molecule has 1 aliphatic heterocycles. The fraction of sp³-hybridized carbons (Fsp3) is 0.435. The molecule has 4 heteroatoms. The van der Waals surface area contributed by atoms with E-state index in [4.69, 9.17) is 9.47 Å². The van der Waals surface area contributed by atoms with Crippen molar-refractivity contribution < 1.29 is 14.3 Å². The molecule has 1 saturated heterocycles. The lowest BCUT2D eigenvalue weighted by Gasteiger charge is -2.32. The minimum atomic E-state index is 0.140. The molecular weight excluding hydrogens is 338 g/mol. The number of ether oxygens (including phenoxy) is 2. The number of hydrogen-bond donors (Lipinski definition) is 0. The maximum absolute atomic E-state index is 12.8. The van der Waals surface area contributed by atoms with Crippen LogP contribution in [0.1, 0.15) is 40.7 Å². The van der Waals surface area contributed by atoms with Gasteiger partial charge in [-0.15, -0.1) is 0 Å². The average molecular weight is 367 g/mol. The first-order chi connectivity index (χ1) is 13.2. The van der Waals surface area contributed by atoms with Gasteiger partial charge >= 0.3 is 0 Å². The van der Waals surface area contributed by atoms with Crippen LogP contribution in [0.5, 0.6) is 5.75 Å². The molecule has 1 aliphatic rings. The van der Waals surface area contributed by atoms with Gasteiger partial charge in [-0.3, -0.25) is 4.79 Å². The van der Waals surface area contributed by atoms with Gasteiger partial charge in [0, 0.05) is 25.8 Å². The lowest BCUT2D eigenvalue weighted by atomic mass is 9.90. The SMILES string of the molecule is COCc1cccc(C(=O)N2CCC(CCc3ccc(OC)cc3)CC2)c1. The summed E-state index contributed by atoms with van der Waals surface area (Å²) in [6, 6.07) is 16.1. The van der Waals surface area contributed by atoms with Crippen molar-refractivity contribution in [2.24, 2.45) is 5.92 Å². The van der Waals surface area contributed by atoms with E-state index in [-0.39, 0.29) is 5.91 Å². The number of likely N-dealkylation sites (tertiary alicyclic amines) is 1. The quantitative estimate of drug-likeness (QED) is 0.731. The highest BCUT2D eigenvalue weighted by Gasteiger charge is 2.23. The average Bonchev–Trinajstić information content (AvgIpc) is 2.73. The molecule has 144 valence electrons. The Morgan fingerprint density at radius 2 is 1.78 bits per heavy atom. The van der Waals surface area contributed by atoms with Gasteiger partial charge in [0.1, 0.15) is 5.75 Å². The summed E-state index contributed by atoms with van der Waals surface area (Å²) in [4.78, 5) is 14.8. The molecule has 2 aromatic carbocycles. The van der Waals surface area contributed by atoms with Gasteiger partial charge in [0.15, 0.2) is 0 Å². The first-order valence-corrected chi connectivity index (χ1v) is 9.69. The number of amides is 1. The molecule has 0 spiro atoms. The van der Waals surface area contributed by atoms with Crippen LogP contribution in [-0.4, -0.2) is 38.1 Å². The van der Waals surface area contributed by atoms with E-state index < -0.39 is 0 Å². The normalized spacial score (nSPS) is 15.0. The molecule has 0 atom stereocenters. The molecular formula is C23H29NO3. The van der Waals surface area contributed by atoms with Crippen LogP contribution < -0.4 is 4.74 Å². The fourth-order valence-electron chi connectivity index (χ4n) is 3.73. The van der Waals surface area contributed by atoms with Crippen molar-refractivity contribution in [2.45, 2.75) is 32.3 Å². The largest absolute Gasteiger partial charge is 0.497 e. The molecule has 0 aliphatic carbocycles. The van der Waals surface area contributed by atoms with Crippen LogP contribution in [0.4, 0.5) is 0 Å². The van der Waals surface area contributed by atoms with E-state index in [9.17, 15) is 4.79 Å². The van der Waals surface area contributed by atoms with Crippen LogP contribution in [0, 0.1) is 5.92 Å². The van der Waals surface area contributed by atoms with Crippen LogP contribution in [0.15, 0.2) is 48.5 Å². The molecule has 0 N–H and O–H groups in total. The fourth-order valence-corrected chi connectivity index (χ4v) is 3.73. The van der Waals surface area contributed by atoms with Gasteiger partial charge < -0.3 is 14.4 Å². The minimum Gasteiger partial charge on any atom is -0.497 e. The van der Waals surface area contributed by atoms with Gasteiger partial charge in [0.25, 0.3) is 5.91 Å². The topological polar surface area (TPSA) is 38.8 Å². The lowest BCUT2D eigenvalue weighted by molar-refractivity contribution is 0.0686. The number of nitrogens with zero attached hydrogens (tertiary/aromatic N) is 1. The number of carbonyl (C=O) groups excluding carboxylic acids is 1. The van der Waals surface area contributed by atoms with E-state index in [2.05, 4.69) is 12.1 Å². The van der Waals surface area contributed by atoms with Crippen molar-refractivity contribution in [3.05, 3.63) is 65.2 Å². The Bertz CT molecular complexity index is 734. The Morgan fingerprint density at radius 1 is 1.04 bits per heavy atom. The third kappa shape index (κ3) is 5.33. The first kappa shape index (κ1) is 19.4. The lowest BCUT2D eigenvalue weighted by Crippen LogP contribution is -2.38. The van der Waals surface area contributed by atoms with E-state index in [0.717, 1.165) is 49.2 Å². The zero-order chi connectivity index (χ0) is 19.1. The maximum Gasteiger partial charge on any atom is 0.253 e. The molecule has 0 unspecified atom stereocenters. The third-order valence-corrected chi connectivity index (χ3v) is 5.39. The van der Waals surface area contributed by atoms with Gasteiger partial charge in [-0.25, -0.2) is 0 Å². The van der Waals surface area contributed by atoms with Gasteiger partial charge in [-0.2, -0.15) is 0 Å². The summed E-state index contributed by atoms with van der Waals surface area (Å²) < 4.78 is 10.4. The maximum atomic E-state index is 12.8. The predicted molar refractivity (Wildman–Crippen MR) is 107 cm³/mol. The zero-order valence-electron chi connectivity index (χ0n) is 16.3. The molecule has 0 bridgehead atoms. The van der Waals surface area contributed by atoms with E-state index in [0.29, 0.717) is 12.5 Å². The summed E-state index contributed by atoms with van der Waals surface area (Å²) in [6.45, 7) is 2.23. The number of piperidine rings is 1. The minimum absolute atomic E-state index is 0.140. The second-order valence-electron chi connectivity index (χ2n) is 7.26. The smallest absolute Gasteiger partial charge is 0.253 e. The van der Waals surface area contributed by atoms with Crippen molar-refractivity contribution in [2.75, 3.05) is 27.3 Å². The second kappa shape index (κ2) is 9.56. The molecule has 1 heterocycles. The molecule has 0 aromatic heterocycles. The number of benzene rings is 2. The monoisotopic (exact) mass is 367 g/mol. The van der Waals surface area contributed by atoms with E-state index >= 15 is 0 Å². The second-order valence-corrected chi connectivity index (χ2v) is 7.26. The van der Waals surface area contributed by atoms with Crippen LogP contribution in [0.3, 0.4) is 0 Å². The zero-order valence-corrected chi connectivity index (χ0v) is 16.3. The number of rotatable bonds is 7. The molecule has 3 rings (SSSR count). The molecule has 0 saturated carbocycles. The van der Waals surface area contributed by atoms with Crippen LogP contribution in [-0.2, 0) is 17.8 Å². The van der Waals surface area contributed by atoms with Crippen molar-refractivity contribution >= 4 is 5.91 Å². The highest BCUT2D eigenvalue weighted by molar-refractivity contribution is 5.94. The van der Waals surface area contributed by atoms with Gasteiger partial charge in [-0.05, 0) is 67.0 Å². The van der Waals surface area contributed by atoms with E-state index in [1.807, 2.05) is 41.3 Å². The van der Waals surface area contributed by atoms with E-state index in [1.165, 1.54) is 12.0 Å². The molecule has 27 heavy (non-hydrogen) atoms. The first-order valence-electron chi connectivity index (χ1n) is 9.69. The van der Waals surface area contributed by atoms with Crippen LogP contribution in [0.25, 0.3) is 0 Å². The summed E-state index contributed by atoms with van der Waals surface area (Å²) in [5.41, 5.74) is 3.16. The Hall–Kier alpha value is -2.33. The highest BCUT2D eigenvalue weighted by Crippen LogP contribution is 2.24. The third-order valence-electron chi connectivity index (χ3n) is 5.39. The highest BCUT2D eigenvalue weighted by atomic mass is 16.5. The Morgan fingerprint density at radius 3 is 2.44 bits per heavy atom. The summed E-state index contributed by atoms with van der Waals surface area (Å²) in [5.74, 6) is 1.73. The summed E-state index contributed by atoms with van der Waals surface area (Å²) >= 11 is 0. The van der Waals surface area contributed by atoms with E-state index in [1.54, 1.807) is 14.2 Å². The molecule has 0 radical (unpaired) electrons. The van der Waals surface area contributed by atoms with Crippen molar-refractivity contribution in [3.8, 4) is 5.75 Å². The number of carbonyl (C=O) groups is 1. The predicted octanol–water partition coefficient (Wildman–Crippen LogP) is 4.33. The molecule has 1 fully saturated rings. The van der Waals surface area contributed by atoms with Gasteiger partial charge in [-0.1, -0.05) is 24.3 Å². The number of hydrogen-bond acceptors (Lipinski definition) is 3. The summed E-state index contributed by atoms with van der Waals surface area (Å²) in [5, 5.41) is 0. The molecule has 2 aromatic rings. The Labute approximate surface area is 162 Å². The Balaban J connectivity index is 1.48. The van der Waals surface area contributed by atoms with Gasteiger partial charge in [0.2, 0.25) is 0 Å². The number of aryl methyl sites for hydroxylation is 1. The standard InChI is InChI=1S/C23H29NO3/c1-26-17-20-4-3-5-21(16-20)23(25)24-14-12-19(13-15-24)7-6-18-8-10-22(27-2)11-9-18/h3-5,8-11,16,19H,6-7,12-15,17H2,1-2H3. The number of methoxy groups -OCH3 is 2. The van der Waals surface area contributed by atoms with Crippen molar-refractivity contribution in [3.63, 3.8) is 0 Å². The molecule has 1 amide bonds. The van der Waals surface area contributed by atoms with Crippen LogP contribution in [0.2, 0.25) is 0 Å². The van der Waals surface area contributed by atoms with Crippen molar-refractivity contribution in [1.82, 2.24) is 4.90 Å². The Kier molecular flexibility index (Phi) is 6.88. The molecule has 4 nitrogen and oxygen atoms in total. The van der Waals surface area contributed by atoms with Gasteiger partial charge in [0.05, 0.1) is 13.7 Å².